The molecule has 0 aliphatic heterocycles. The largest absolute Gasteiger partial charge is 0.398 e. The highest BCUT2D eigenvalue weighted by atomic mass is 32.2. The number of sulfonamides is 1. The molecule has 1 aromatic rings. The van der Waals surface area contributed by atoms with Crippen molar-refractivity contribution in [3.05, 3.63) is 18.5 Å². The summed E-state index contributed by atoms with van der Waals surface area (Å²) in [6.45, 7) is 4.91. The van der Waals surface area contributed by atoms with Crippen molar-refractivity contribution in [2.45, 2.75) is 31.6 Å². The van der Waals surface area contributed by atoms with Crippen molar-refractivity contribution in [2.24, 2.45) is 0 Å². The van der Waals surface area contributed by atoms with Crippen LogP contribution in [-0.4, -0.2) is 30.8 Å². The Morgan fingerprint density at radius 2 is 1.88 bits per heavy atom. The van der Waals surface area contributed by atoms with Gasteiger partial charge >= 0.3 is 0 Å². The van der Waals surface area contributed by atoms with Gasteiger partial charge in [0, 0.05) is 25.5 Å². The van der Waals surface area contributed by atoms with Crippen LogP contribution < -0.4 is 5.73 Å². The second-order valence-electron chi connectivity index (χ2n) is 3.82. The summed E-state index contributed by atoms with van der Waals surface area (Å²) in [4.78, 5) is 3.93. The van der Waals surface area contributed by atoms with Gasteiger partial charge in [0.1, 0.15) is 4.90 Å². The lowest BCUT2D eigenvalue weighted by Crippen LogP contribution is -2.33. The predicted molar refractivity (Wildman–Crippen MR) is 68.0 cm³/mol. The first-order chi connectivity index (χ1) is 8.04. The molecule has 96 valence electrons. The maximum atomic E-state index is 12.3. The Morgan fingerprint density at radius 1 is 1.29 bits per heavy atom. The average molecular weight is 257 g/mol. The quantitative estimate of drug-likeness (QED) is 0.837. The molecule has 6 heteroatoms. The van der Waals surface area contributed by atoms with Gasteiger partial charge in [0.25, 0.3) is 0 Å². The Hall–Kier alpha value is -1.14. The lowest BCUT2D eigenvalue weighted by molar-refractivity contribution is 0.410. The molecule has 1 aromatic heterocycles. The summed E-state index contributed by atoms with van der Waals surface area (Å²) >= 11 is 0. The number of nitrogens with two attached hydrogens (primary N) is 1. The van der Waals surface area contributed by atoms with E-state index in [2.05, 4.69) is 4.98 Å². The summed E-state index contributed by atoms with van der Waals surface area (Å²) < 4.78 is 26.1. The predicted octanol–water partition coefficient (Wildman–Crippen LogP) is 1.47. The molecule has 1 heterocycles. The monoisotopic (exact) mass is 257 g/mol. The first kappa shape index (κ1) is 13.9. The van der Waals surface area contributed by atoms with Crippen molar-refractivity contribution in [1.29, 1.82) is 0 Å². The lowest BCUT2D eigenvalue weighted by atomic mass is 10.4. The zero-order chi connectivity index (χ0) is 12.9. The summed E-state index contributed by atoms with van der Waals surface area (Å²) in [7, 11) is -3.51. The molecule has 17 heavy (non-hydrogen) atoms. The van der Waals surface area contributed by atoms with Crippen LogP contribution in [0.4, 0.5) is 5.69 Å². The number of hydrogen-bond acceptors (Lipinski definition) is 4. The maximum Gasteiger partial charge on any atom is 0.246 e. The van der Waals surface area contributed by atoms with Crippen molar-refractivity contribution in [2.75, 3.05) is 18.8 Å². The second-order valence-corrected chi connectivity index (χ2v) is 5.72. The first-order valence-electron chi connectivity index (χ1n) is 5.73. The van der Waals surface area contributed by atoms with Gasteiger partial charge in [-0.2, -0.15) is 4.31 Å². The number of aromatic nitrogens is 1. The fourth-order valence-corrected chi connectivity index (χ4v) is 3.28. The topological polar surface area (TPSA) is 76.3 Å². The summed E-state index contributed by atoms with van der Waals surface area (Å²) in [5.74, 6) is 0. The van der Waals surface area contributed by atoms with E-state index in [-0.39, 0.29) is 10.6 Å². The summed E-state index contributed by atoms with van der Waals surface area (Å²) in [6.07, 6.45) is 4.35. The van der Waals surface area contributed by atoms with Gasteiger partial charge in [0.15, 0.2) is 0 Å². The molecular weight excluding hydrogens is 238 g/mol. The van der Waals surface area contributed by atoms with E-state index in [0.717, 1.165) is 12.8 Å². The summed E-state index contributed by atoms with van der Waals surface area (Å²) in [5.41, 5.74) is 5.94. The Morgan fingerprint density at radius 3 is 2.35 bits per heavy atom. The number of hydrogen-bond donors (Lipinski definition) is 1. The fraction of sp³-hybridized carbons (Fsp3) is 0.545. The molecule has 0 bridgehead atoms. The van der Waals surface area contributed by atoms with Gasteiger partial charge in [-0.25, -0.2) is 8.42 Å². The van der Waals surface area contributed by atoms with E-state index >= 15 is 0 Å². The standard InChI is InChI=1S/C11H19N3O2S/c1-3-7-14(8-4-2)17(15,16)11-9-13-6-5-10(11)12/h5-6,9H,3-4,7-8H2,1-2H3,(H2,12,13). The molecule has 0 aliphatic rings. The van der Waals surface area contributed by atoms with E-state index in [4.69, 9.17) is 5.73 Å². The van der Waals surface area contributed by atoms with Crippen LogP contribution in [-0.2, 0) is 10.0 Å². The Kier molecular flexibility index (Phi) is 4.89. The molecule has 0 aliphatic carbocycles. The van der Waals surface area contributed by atoms with E-state index in [0.29, 0.717) is 13.1 Å². The molecular formula is C11H19N3O2S. The maximum absolute atomic E-state index is 12.3. The highest BCUT2D eigenvalue weighted by Gasteiger charge is 2.25. The molecule has 5 nitrogen and oxygen atoms in total. The minimum Gasteiger partial charge on any atom is -0.398 e. The highest BCUT2D eigenvalue weighted by Crippen LogP contribution is 2.21. The summed E-state index contributed by atoms with van der Waals surface area (Å²) in [6, 6.07) is 1.50. The lowest BCUT2D eigenvalue weighted by Gasteiger charge is -2.21. The number of nitrogens with zero attached hydrogens (tertiary/aromatic N) is 2. The smallest absolute Gasteiger partial charge is 0.246 e. The third-order valence-electron chi connectivity index (χ3n) is 2.38. The van der Waals surface area contributed by atoms with E-state index < -0.39 is 10.0 Å². The molecule has 1 rings (SSSR count). The van der Waals surface area contributed by atoms with Crippen LogP contribution >= 0.6 is 0 Å². The normalized spacial score (nSPS) is 11.9. The average Bonchev–Trinajstić information content (AvgIpc) is 2.29. The van der Waals surface area contributed by atoms with Crippen molar-refractivity contribution in [1.82, 2.24) is 9.29 Å². The van der Waals surface area contributed by atoms with Crippen LogP contribution in [0.25, 0.3) is 0 Å². The number of nitrogen functional groups attached to an aromatic ring is 1. The van der Waals surface area contributed by atoms with E-state index in [9.17, 15) is 8.42 Å². The third-order valence-corrected chi connectivity index (χ3v) is 4.32. The third kappa shape index (κ3) is 3.17. The molecule has 0 spiro atoms. The second kappa shape index (κ2) is 5.97. The van der Waals surface area contributed by atoms with Crippen LogP contribution in [0.2, 0.25) is 0 Å². The van der Waals surface area contributed by atoms with Crippen molar-refractivity contribution >= 4 is 15.7 Å². The SMILES string of the molecule is CCCN(CCC)S(=O)(=O)c1cnccc1N. The van der Waals surface area contributed by atoms with Gasteiger partial charge in [-0.3, -0.25) is 4.98 Å². The molecule has 0 aromatic carbocycles. The van der Waals surface area contributed by atoms with Crippen LogP contribution in [0.5, 0.6) is 0 Å². The Balaban J connectivity index is 3.12. The van der Waals surface area contributed by atoms with Crippen LogP contribution in [0.1, 0.15) is 26.7 Å². The van der Waals surface area contributed by atoms with E-state index in [1.807, 2.05) is 13.8 Å². The molecule has 2 N–H and O–H groups in total. The Labute approximate surface area is 103 Å². The van der Waals surface area contributed by atoms with Crippen molar-refractivity contribution in [3.63, 3.8) is 0 Å². The zero-order valence-corrected chi connectivity index (χ0v) is 11.1. The van der Waals surface area contributed by atoms with Crippen LogP contribution in [0.3, 0.4) is 0 Å². The van der Waals surface area contributed by atoms with E-state index in [1.54, 1.807) is 0 Å². The van der Waals surface area contributed by atoms with Crippen molar-refractivity contribution in [3.8, 4) is 0 Å². The molecule has 0 fully saturated rings. The van der Waals surface area contributed by atoms with Crippen LogP contribution in [0.15, 0.2) is 23.4 Å². The molecule has 0 atom stereocenters. The van der Waals surface area contributed by atoms with Gasteiger partial charge in [0.2, 0.25) is 10.0 Å². The van der Waals surface area contributed by atoms with Gasteiger partial charge in [0.05, 0.1) is 5.69 Å². The Bertz CT molecular complexity index is 454. The fourth-order valence-electron chi connectivity index (χ4n) is 1.60. The van der Waals surface area contributed by atoms with E-state index in [1.165, 1.54) is 22.8 Å². The summed E-state index contributed by atoms with van der Waals surface area (Å²) in [5, 5.41) is 0. The number of rotatable bonds is 6. The zero-order valence-electron chi connectivity index (χ0n) is 10.3. The highest BCUT2D eigenvalue weighted by molar-refractivity contribution is 7.89. The molecule has 0 amide bonds. The first-order valence-corrected chi connectivity index (χ1v) is 7.17. The molecule has 0 saturated carbocycles. The number of anilines is 1. The number of pyridine rings is 1. The molecule has 0 unspecified atom stereocenters. The van der Waals surface area contributed by atoms with Gasteiger partial charge in [-0.1, -0.05) is 13.8 Å². The molecule has 0 saturated heterocycles. The van der Waals surface area contributed by atoms with Crippen LogP contribution in [0, 0.1) is 0 Å². The van der Waals surface area contributed by atoms with Gasteiger partial charge in [-0.05, 0) is 18.9 Å². The minimum atomic E-state index is -3.51. The van der Waals surface area contributed by atoms with Crippen molar-refractivity contribution < 1.29 is 8.42 Å². The molecule has 0 radical (unpaired) electrons. The van der Waals surface area contributed by atoms with Gasteiger partial charge < -0.3 is 5.73 Å². The minimum absolute atomic E-state index is 0.0990. The van der Waals surface area contributed by atoms with Gasteiger partial charge in [-0.15, -0.1) is 0 Å².